The SMILES string of the molecule is Cn1c(C(=O)N2CCOCC2CCl)ccc1[N+](=O)[O-]. The molecular formula is C11H14ClN3O4. The molecule has 1 aromatic heterocycles. The van der Waals surface area contributed by atoms with Crippen LogP contribution in [-0.4, -0.2) is 52.0 Å². The largest absolute Gasteiger partial charge is 0.377 e. The monoisotopic (exact) mass is 287 g/mol. The van der Waals surface area contributed by atoms with Gasteiger partial charge in [0.2, 0.25) is 0 Å². The molecule has 0 spiro atoms. The predicted octanol–water partition coefficient (Wildman–Crippen LogP) is 1.01. The van der Waals surface area contributed by atoms with Crippen molar-refractivity contribution in [2.45, 2.75) is 6.04 Å². The Kier molecular flexibility index (Phi) is 4.06. The smallest absolute Gasteiger partial charge is 0.323 e. The Morgan fingerprint density at radius 3 is 2.95 bits per heavy atom. The number of morpholine rings is 1. The number of aromatic nitrogens is 1. The number of ether oxygens (including phenoxy) is 1. The molecule has 0 aliphatic carbocycles. The van der Waals surface area contributed by atoms with E-state index in [1.807, 2.05) is 0 Å². The topological polar surface area (TPSA) is 77.6 Å². The number of alkyl halides is 1. The van der Waals surface area contributed by atoms with Crippen LogP contribution in [0.3, 0.4) is 0 Å². The fraction of sp³-hybridized carbons (Fsp3) is 0.545. The van der Waals surface area contributed by atoms with Gasteiger partial charge in [-0.3, -0.25) is 4.79 Å². The van der Waals surface area contributed by atoms with Gasteiger partial charge in [-0.1, -0.05) is 0 Å². The van der Waals surface area contributed by atoms with Crippen molar-refractivity contribution in [2.24, 2.45) is 7.05 Å². The first-order valence-corrected chi connectivity index (χ1v) is 6.34. The second kappa shape index (κ2) is 5.58. The van der Waals surface area contributed by atoms with E-state index in [1.165, 1.54) is 23.7 Å². The van der Waals surface area contributed by atoms with E-state index in [-0.39, 0.29) is 29.3 Å². The number of hydrogen-bond acceptors (Lipinski definition) is 4. The summed E-state index contributed by atoms with van der Waals surface area (Å²) in [5.41, 5.74) is 0.281. The summed E-state index contributed by atoms with van der Waals surface area (Å²) in [5.74, 6) is -0.0956. The Hall–Kier alpha value is -1.60. The predicted molar refractivity (Wildman–Crippen MR) is 68.4 cm³/mol. The van der Waals surface area contributed by atoms with Crippen molar-refractivity contribution in [1.29, 1.82) is 0 Å². The molecule has 19 heavy (non-hydrogen) atoms. The van der Waals surface area contributed by atoms with E-state index in [9.17, 15) is 14.9 Å². The van der Waals surface area contributed by atoms with E-state index >= 15 is 0 Å². The summed E-state index contributed by atoms with van der Waals surface area (Å²) in [6.07, 6.45) is 0. The van der Waals surface area contributed by atoms with Crippen LogP contribution in [0, 0.1) is 10.1 Å². The van der Waals surface area contributed by atoms with Gasteiger partial charge in [-0.15, -0.1) is 11.6 Å². The van der Waals surface area contributed by atoms with E-state index in [2.05, 4.69) is 0 Å². The Balaban J connectivity index is 2.26. The highest BCUT2D eigenvalue weighted by Gasteiger charge is 2.31. The highest BCUT2D eigenvalue weighted by Crippen LogP contribution is 2.19. The molecule has 1 saturated heterocycles. The summed E-state index contributed by atoms with van der Waals surface area (Å²) < 4.78 is 6.55. The Bertz CT molecular complexity index is 502. The lowest BCUT2D eigenvalue weighted by Gasteiger charge is -2.33. The van der Waals surface area contributed by atoms with Crippen LogP contribution in [0.1, 0.15) is 10.5 Å². The lowest BCUT2D eigenvalue weighted by Crippen LogP contribution is -2.50. The van der Waals surface area contributed by atoms with Crippen LogP contribution in [0.15, 0.2) is 12.1 Å². The van der Waals surface area contributed by atoms with Gasteiger partial charge in [0.25, 0.3) is 5.91 Å². The summed E-state index contributed by atoms with van der Waals surface area (Å²) in [6, 6.07) is 2.59. The average molecular weight is 288 g/mol. The average Bonchev–Trinajstić information content (AvgIpc) is 2.80. The normalized spacial score (nSPS) is 19.5. The van der Waals surface area contributed by atoms with Crippen molar-refractivity contribution in [3.63, 3.8) is 0 Å². The summed E-state index contributed by atoms with van der Waals surface area (Å²) in [6.45, 7) is 1.28. The fourth-order valence-electron chi connectivity index (χ4n) is 2.10. The minimum absolute atomic E-state index is 0.112. The van der Waals surface area contributed by atoms with Gasteiger partial charge in [0.1, 0.15) is 0 Å². The maximum absolute atomic E-state index is 12.4. The van der Waals surface area contributed by atoms with E-state index < -0.39 is 4.92 Å². The van der Waals surface area contributed by atoms with E-state index in [4.69, 9.17) is 16.3 Å². The van der Waals surface area contributed by atoms with Crippen molar-refractivity contribution >= 4 is 23.3 Å². The van der Waals surface area contributed by atoms with E-state index in [0.717, 1.165) is 0 Å². The number of hydrogen-bond donors (Lipinski definition) is 0. The summed E-state index contributed by atoms with van der Waals surface area (Å²) in [7, 11) is 1.50. The third kappa shape index (κ3) is 2.57. The zero-order valence-electron chi connectivity index (χ0n) is 10.4. The van der Waals surface area contributed by atoms with Crippen molar-refractivity contribution in [3.05, 3.63) is 27.9 Å². The van der Waals surface area contributed by atoms with Crippen LogP contribution < -0.4 is 0 Å². The van der Waals surface area contributed by atoms with Crippen LogP contribution in [0.4, 0.5) is 5.82 Å². The quantitative estimate of drug-likeness (QED) is 0.472. The number of rotatable bonds is 3. The highest BCUT2D eigenvalue weighted by atomic mass is 35.5. The van der Waals surface area contributed by atoms with Gasteiger partial charge >= 0.3 is 5.82 Å². The molecule has 2 rings (SSSR count). The molecular weight excluding hydrogens is 274 g/mol. The number of nitro groups is 1. The van der Waals surface area contributed by atoms with Crippen LogP contribution in [-0.2, 0) is 11.8 Å². The molecule has 1 aliphatic rings. The number of halogens is 1. The molecule has 0 saturated carbocycles. The molecule has 1 aliphatic heterocycles. The third-order valence-electron chi connectivity index (χ3n) is 3.17. The zero-order chi connectivity index (χ0) is 14.0. The molecule has 0 bridgehead atoms. The molecule has 1 atom stereocenters. The van der Waals surface area contributed by atoms with Gasteiger partial charge in [-0.25, -0.2) is 4.57 Å². The number of amides is 1. The van der Waals surface area contributed by atoms with Gasteiger partial charge in [-0.05, 0) is 11.0 Å². The number of carbonyl (C=O) groups excluding carboxylic acids is 1. The summed E-state index contributed by atoms with van der Waals surface area (Å²) in [5, 5.41) is 10.8. The number of carbonyl (C=O) groups is 1. The maximum atomic E-state index is 12.4. The Morgan fingerprint density at radius 1 is 1.63 bits per heavy atom. The summed E-state index contributed by atoms with van der Waals surface area (Å²) >= 11 is 5.81. The van der Waals surface area contributed by atoms with Gasteiger partial charge < -0.3 is 19.8 Å². The Morgan fingerprint density at radius 2 is 2.37 bits per heavy atom. The molecule has 2 heterocycles. The first kappa shape index (κ1) is 13.8. The van der Waals surface area contributed by atoms with Gasteiger partial charge in [0, 0.05) is 18.5 Å². The third-order valence-corrected chi connectivity index (χ3v) is 3.52. The molecule has 7 nitrogen and oxygen atoms in total. The fourth-order valence-corrected chi connectivity index (χ4v) is 2.35. The maximum Gasteiger partial charge on any atom is 0.323 e. The first-order chi connectivity index (χ1) is 9.06. The van der Waals surface area contributed by atoms with Crippen LogP contribution in [0.5, 0.6) is 0 Å². The second-order valence-electron chi connectivity index (χ2n) is 4.27. The van der Waals surface area contributed by atoms with Crippen LogP contribution in [0.2, 0.25) is 0 Å². The van der Waals surface area contributed by atoms with E-state index in [1.54, 1.807) is 4.90 Å². The first-order valence-electron chi connectivity index (χ1n) is 5.81. The van der Waals surface area contributed by atoms with Crippen molar-refractivity contribution < 1.29 is 14.5 Å². The molecule has 8 heteroatoms. The van der Waals surface area contributed by atoms with E-state index in [0.29, 0.717) is 19.8 Å². The molecule has 1 unspecified atom stereocenters. The minimum Gasteiger partial charge on any atom is -0.377 e. The minimum atomic E-state index is -0.519. The Labute approximate surface area is 114 Å². The zero-order valence-corrected chi connectivity index (χ0v) is 11.2. The van der Waals surface area contributed by atoms with Crippen LogP contribution in [0.25, 0.3) is 0 Å². The lowest BCUT2D eigenvalue weighted by atomic mass is 10.2. The van der Waals surface area contributed by atoms with Crippen molar-refractivity contribution in [3.8, 4) is 0 Å². The van der Waals surface area contributed by atoms with Crippen LogP contribution >= 0.6 is 11.6 Å². The molecule has 1 fully saturated rings. The standard InChI is InChI=1S/C11H14ClN3O4/c1-13-9(2-3-10(13)15(17)18)11(16)14-4-5-19-7-8(14)6-12/h2-3,8H,4-7H2,1H3. The van der Waals surface area contributed by atoms with Crippen molar-refractivity contribution in [1.82, 2.24) is 9.47 Å². The molecule has 0 N–H and O–H groups in total. The lowest BCUT2D eigenvalue weighted by molar-refractivity contribution is -0.391. The molecule has 0 aromatic carbocycles. The molecule has 104 valence electrons. The van der Waals surface area contributed by atoms with Gasteiger partial charge in [0.05, 0.1) is 26.3 Å². The molecule has 1 amide bonds. The molecule has 1 aromatic rings. The summed E-state index contributed by atoms with van der Waals surface area (Å²) in [4.78, 5) is 24.3. The van der Waals surface area contributed by atoms with Gasteiger partial charge in [-0.2, -0.15) is 0 Å². The van der Waals surface area contributed by atoms with Gasteiger partial charge in [0.15, 0.2) is 5.69 Å². The number of nitrogens with zero attached hydrogens (tertiary/aromatic N) is 3. The van der Waals surface area contributed by atoms with Crippen molar-refractivity contribution in [2.75, 3.05) is 25.6 Å². The highest BCUT2D eigenvalue weighted by molar-refractivity contribution is 6.18. The second-order valence-corrected chi connectivity index (χ2v) is 4.58. The molecule has 0 radical (unpaired) electrons.